The predicted molar refractivity (Wildman–Crippen MR) is 98.1 cm³/mol. The first kappa shape index (κ1) is 17.0. The molecule has 3 aromatic rings. The second kappa shape index (κ2) is 6.97. The van der Waals surface area contributed by atoms with Gasteiger partial charge >= 0.3 is 11.7 Å². The Morgan fingerprint density at radius 1 is 1.04 bits per heavy atom. The number of benzene rings is 2. The van der Waals surface area contributed by atoms with Crippen molar-refractivity contribution in [3.05, 3.63) is 69.6 Å². The van der Waals surface area contributed by atoms with Gasteiger partial charge in [-0.25, -0.2) is 9.59 Å². The van der Waals surface area contributed by atoms with Crippen LogP contribution in [0.25, 0.3) is 11.0 Å². The van der Waals surface area contributed by atoms with Gasteiger partial charge < -0.3 is 4.74 Å². The Labute approximate surface area is 146 Å². The van der Waals surface area contributed by atoms with Crippen LogP contribution >= 0.6 is 0 Å². The number of hydrogen-bond acceptors (Lipinski definition) is 3. The van der Waals surface area contributed by atoms with Gasteiger partial charge in [0, 0.05) is 6.54 Å². The topological polar surface area (TPSA) is 53.2 Å². The van der Waals surface area contributed by atoms with Crippen LogP contribution in [0.1, 0.15) is 35.3 Å². The molecule has 3 rings (SSSR count). The lowest BCUT2D eigenvalue weighted by molar-refractivity contribution is 0.0526. The zero-order valence-corrected chi connectivity index (χ0v) is 14.8. The third-order valence-corrected chi connectivity index (χ3v) is 4.44. The Morgan fingerprint density at radius 2 is 1.80 bits per heavy atom. The third-order valence-electron chi connectivity index (χ3n) is 4.44. The van der Waals surface area contributed by atoms with Gasteiger partial charge in [0.15, 0.2) is 0 Å². The van der Waals surface area contributed by atoms with E-state index in [-0.39, 0.29) is 11.7 Å². The number of ether oxygens (including phenoxy) is 1. The van der Waals surface area contributed by atoms with Crippen molar-refractivity contribution in [2.45, 2.75) is 33.9 Å². The Morgan fingerprint density at radius 3 is 2.48 bits per heavy atom. The number of aryl methyl sites for hydroxylation is 2. The summed E-state index contributed by atoms with van der Waals surface area (Å²) in [7, 11) is 0. The first-order valence-corrected chi connectivity index (χ1v) is 8.51. The highest BCUT2D eigenvalue weighted by atomic mass is 16.5. The van der Waals surface area contributed by atoms with Gasteiger partial charge in [-0.1, -0.05) is 24.3 Å². The summed E-state index contributed by atoms with van der Waals surface area (Å²) in [5.74, 6) is -0.372. The number of carbonyl (C=O) groups is 1. The van der Waals surface area contributed by atoms with Crippen molar-refractivity contribution in [2.24, 2.45) is 0 Å². The van der Waals surface area contributed by atoms with Crippen LogP contribution in [0.15, 0.2) is 47.3 Å². The molecule has 0 radical (unpaired) electrons. The molecule has 130 valence electrons. The first-order valence-electron chi connectivity index (χ1n) is 8.51. The van der Waals surface area contributed by atoms with Crippen molar-refractivity contribution in [3.8, 4) is 0 Å². The molecule has 0 saturated carbocycles. The molecule has 0 atom stereocenters. The molecule has 0 amide bonds. The zero-order chi connectivity index (χ0) is 18.0. The minimum absolute atomic E-state index is 0.0678. The van der Waals surface area contributed by atoms with Crippen LogP contribution < -0.4 is 5.69 Å². The monoisotopic (exact) mass is 338 g/mol. The van der Waals surface area contributed by atoms with E-state index in [1.807, 2.05) is 44.2 Å². The summed E-state index contributed by atoms with van der Waals surface area (Å²) in [4.78, 5) is 24.9. The van der Waals surface area contributed by atoms with Crippen LogP contribution in [0, 0.1) is 6.92 Å². The highest BCUT2D eigenvalue weighted by Gasteiger charge is 2.16. The van der Waals surface area contributed by atoms with Crippen LogP contribution in [0.5, 0.6) is 0 Å². The summed E-state index contributed by atoms with van der Waals surface area (Å²) < 4.78 is 8.54. The highest BCUT2D eigenvalue weighted by Crippen LogP contribution is 2.19. The summed E-state index contributed by atoms with van der Waals surface area (Å²) >= 11 is 0. The molecule has 0 bridgehead atoms. The van der Waals surface area contributed by atoms with Gasteiger partial charge in [-0.05, 0) is 50.1 Å². The molecule has 0 spiro atoms. The van der Waals surface area contributed by atoms with E-state index < -0.39 is 0 Å². The lowest BCUT2D eigenvalue weighted by Gasteiger charge is -2.08. The van der Waals surface area contributed by atoms with Crippen molar-refractivity contribution in [2.75, 3.05) is 6.61 Å². The fourth-order valence-corrected chi connectivity index (χ4v) is 3.08. The van der Waals surface area contributed by atoms with E-state index in [0.717, 1.165) is 22.2 Å². The average molecular weight is 338 g/mol. The second-order valence-corrected chi connectivity index (χ2v) is 5.96. The van der Waals surface area contributed by atoms with E-state index in [0.29, 0.717) is 25.3 Å². The van der Waals surface area contributed by atoms with E-state index in [4.69, 9.17) is 4.74 Å². The molecule has 0 aliphatic rings. The van der Waals surface area contributed by atoms with E-state index in [9.17, 15) is 9.59 Å². The van der Waals surface area contributed by atoms with Gasteiger partial charge in [-0.15, -0.1) is 0 Å². The Hall–Kier alpha value is -2.82. The molecule has 2 aromatic carbocycles. The Bertz CT molecular complexity index is 982. The Kier molecular flexibility index (Phi) is 4.74. The number of fused-ring (bicyclic) bond motifs is 1. The van der Waals surface area contributed by atoms with E-state index >= 15 is 0 Å². The van der Waals surface area contributed by atoms with Crippen molar-refractivity contribution >= 4 is 17.0 Å². The normalized spacial score (nSPS) is 11.0. The smallest absolute Gasteiger partial charge is 0.338 e. The number of rotatable bonds is 5. The van der Waals surface area contributed by atoms with Crippen molar-refractivity contribution in [3.63, 3.8) is 0 Å². The third kappa shape index (κ3) is 3.09. The number of nitrogens with zero attached hydrogens (tertiary/aromatic N) is 2. The minimum Gasteiger partial charge on any atom is -0.462 e. The minimum atomic E-state index is -0.372. The maximum absolute atomic E-state index is 12.9. The summed E-state index contributed by atoms with van der Waals surface area (Å²) in [6, 6.07) is 13.3. The van der Waals surface area contributed by atoms with Crippen molar-refractivity contribution in [1.29, 1.82) is 0 Å². The molecule has 0 N–H and O–H groups in total. The lowest BCUT2D eigenvalue weighted by Crippen LogP contribution is -2.24. The standard InChI is InChI=1S/C20H22N2O3/c1-4-21-17-11-10-15(19(23)25-5-2)12-18(17)22(20(21)24)13-16-9-7-6-8-14(16)3/h6-12H,4-5,13H2,1-3H3. The van der Waals surface area contributed by atoms with Crippen molar-refractivity contribution < 1.29 is 9.53 Å². The molecule has 5 nitrogen and oxygen atoms in total. The summed E-state index contributed by atoms with van der Waals surface area (Å²) in [6.07, 6.45) is 0. The molecule has 0 aliphatic carbocycles. The first-order chi connectivity index (χ1) is 12.1. The summed E-state index contributed by atoms with van der Waals surface area (Å²) in [5, 5.41) is 0. The molecule has 1 heterocycles. The van der Waals surface area contributed by atoms with Gasteiger partial charge in [0.05, 0.1) is 29.7 Å². The molecule has 1 aromatic heterocycles. The molecule has 0 unspecified atom stereocenters. The zero-order valence-electron chi connectivity index (χ0n) is 14.8. The van der Waals surface area contributed by atoms with Gasteiger partial charge in [-0.2, -0.15) is 0 Å². The highest BCUT2D eigenvalue weighted by molar-refractivity contribution is 5.93. The Balaban J connectivity index is 2.17. The van der Waals surface area contributed by atoms with Crippen LogP contribution in [0.4, 0.5) is 0 Å². The number of imidazole rings is 1. The maximum Gasteiger partial charge on any atom is 0.338 e. The number of hydrogen-bond donors (Lipinski definition) is 0. The summed E-state index contributed by atoms with van der Waals surface area (Å²) in [5.41, 5.74) is 4.19. The second-order valence-electron chi connectivity index (χ2n) is 5.96. The SMILES string of the molecule is CCOC(=O)c1ccc2c(c1)n(Cc1ccccc1C)c(=O)n2CC. The molecular formula is C20H22N2O3. The van der Waals surface area contributed by atoms with Gasteiger partial charge in [-0.3, -0.25) is 9.13 Å². The van der Waals surface area contributed by atoms with Crippen LogP contribution in [-0.2, 0) is 17.8 Å². The van der Waals surface area contributed by atoms with Gasteiger partial charge in [0.2, 0.25) is 0 Å². The average Bonchev–Trinajstić information content (AvgIpc) is 2.87. The maximum atomic E-state index is 12.9. The van der Waals surface area contributed by atoms with Gasteiger partial charge in [0.25, 0.3) is 0 Å². The fourth-order valence-electron chi connectivity index (χ4n) is 3.08. The van der Waals surface area contributed by atoms with Gasteiger partial charge in [0.1, 0.15) is 0 Å². The largest absolute Gasteiger partial charge is 0.462 e. The lowest BCUT2D eigenvalue weighted by atomic mass is 10.1. The molecule has 5 heteroatoms. The quantitative estimate of drug-likeness (QED) is 0.670. The molecule has 25 heavy (non-hydrogen) atoms. The molecule has 0 saturated heterocycles. The molecule has 0 aliphatic heterocycles. The predicted octanol–water partition coefficient (Wildman–Crippen LogP) is 3.36. The number of aromatic nitrogens is 2. The van der Waals surface area contributed by atoms with Crippen LogP contribution in [-0.4, -0.2) is 21.7 Å². The van der Waals surface area contributed by atoms with E-state index in [2.05, 4.69) is 0 Å². The van der Waals surface area contributed by atoms with Crippen molar-refractivity contribution in [1.82, 2.24) is 9.13 Å². The van der Waals surface area contributed by atoms with E-state index in [1.54, 1.807) is 28.2 Å². The van der Waals surface area contributed by atoms with E-state index in [1.165, 1.54) is 0 Å². The fraction of sp³-hybridized carbons (Fsp3) is 0.300. The summed E-state index contributed by atoms with van der Waals surface area (Å²) in [6.45, 7) is 7.12. The molecule has 0 fully saturated rings. The number of carbonyl (C=O) groups excluding carboxylic acids is 1. The van der Waals surface area contributed by atoms with Crippen LogP contribution in [0.3, 0.4) is 0 Å². The number of esters is 1. The van der Waals surface area contributed by atoms with Crippen LogP contribution in [0.2, 0.25) is 0 Å². The molecular weight excluding hydrogens is 316 g/mol.